The highest BCUT2D eigenvalue weighted by Crippen LogP contribution is 2.25. The lowest BCUT2D eigenvalue weighted by molar-refractivity contribution is -0.386. The summed E-state index contributed by atoms with van der Waals surface area (Å²) in [6, 6.07) is 5.27. The van der Waals surface area contributed by atoms with E-state index in [1.165, 1.54) is 7.11 Å². The molecule has 0 radical (unpaired) electrons. The molecule has 4 N–H and O–H groups in total. The van der Waals surface area contributed by atoms with E-state index in [-0.39, 0.29) is 5.75 Å². The maximum atomic E-state index is 9.27. The fourth-order valence-electron chi connectivity index (χ4n) is 0.891. The van der Waals surface area contributed by atoms with Crippen molar-refractivity contribution in [2.45, 2.75) is 6.54 Å². The highest BCUT2D eigenvalue weighted by atomic mass is 16.5. The molecule has 60 valence electrons. The minimum absolute atomic E-state index is 0.175. The lowest BCUT2D eigenvalue weighted by atomic mass is 10.2. The Morgan fingerprint density at radius 3 is 2.73 bits per heavy atom. The van der Waals surface area contributed by atoms with Crippen LogP contribution in [0.1, 0.15) is 5.56 Å². The molecule has 0 unspecified atom stereocenters. The number of phenols is 1. The molecule has 3 nitrogen and oxygen atoms in total. The first-order valence-electron chi connectivity index (χ1n) is 3.43. The first-order chi connectivity index (χ1) is 5.27. The van der Waals surface area contributed by atoms with Crippen molar-refractivity contribution in [3.05, 3.63) is 23.8 Å². The summed E-state index contributed by atoms with van der Waals surface area (Å²) in [6.07, 6.45) is 0. The van der Waals surface area contributed by atoms with Gasteiger partial charge in [0.05, 0.1) is 13.7 Å². The highest BCUT2D eigenvalue weighted by molar-refractivity contribution is 5.41. The summed E-state index contributed by atoms with van der Waals surface area (Å²) in [5.41, 5.74) is 4.70. The molecule has 0 aliphatic carbocycles. The number of rotatable bonds is 2. The normalized spacial score (nSPS) is 9.64. The number of hydrogen-bond acceptors (Lipinski definition) is 2. The maximum absolute atomic E-state index is 9.27. The van der Waals surface area contributed by atoms with Crippen LogP contribution in [0.4, 0.5) is 0 Å². The molecule has 0 amide bonds. The molecule has 1 aromatic rings. The van der Waals surface area contributed by atoms with Gasteiger partial charge in [-0.25, -0.2) is 0 Å². The molecule has 0 saturated carbocycles. The standard InChI is InChI=1S/C8H11NO2/c1-11-8-3-2-6(5-9)4-7(8)10/h2-4,10H,5,9H2,1H3/p+1. The molecule has 0 aromatic heterocycles. The zero-order valence-electron chi connectivity index (χ0n) is 6.50. The molecule has 0 heterocycles. The van der Waals surface area contributed by atoms with E-state index >= 15 is 0 Å². The van der Waals surface area contributed by atoms with Gasteiger partial charge in [-0.3, -0.25) is 0 Å². The molecular weight excluding hydrogens is 142 g/mol. The first-order valence-corrected chi connectivity index (χ1v) is 3.43. The third-order valence-corrected chi connectivity index (χ3v) is 1.53. The molecule has 11 heavy (non-hydrogen) atoms. The average molecular weight is 154 g/mol. The Morgan fingerprint density at radius 2 is 2.27 bits per heavy atom. The lowest BCUT2D eigenvalue weighted by Crippen LogP contribution is -2.47. The molecule has 1 rings (SSSR count). The predicted molar refractivity (Wildman–Crippen MR) is 41.3 cm³/mol. The Hall–Kier alpha value is -1.22. The van der Waals surface area contributed by atoms with Crippen LogP contribution in [0.25, 0.3) is 0 Å². The molecule has 0 saturated heterocycles. The van der Waals surface area contributed by atoms with Gasteiger partial charge in [0.15, 0.2) is 11.5 Å². The molecule has 3 heteroatoms. The monoisotopic (exact) mass is 154 g/mol. The summed E-state index contributed by atoms with van der Waals surface area (Å²) in [4.78, 5) is 0. The Balaban J connectivity index is 2.99. The first kappa shape index (κ1) is 7.88. The largest absolute Gasteiger partial charge is 0.504 e. The summed E-state index contributed by atoms with van der Waals surface area (Å²) in [7, 11) is 1.53. The number of benzene rings is 1. The number of phenolic OH excluding ortho intramolecular Hbond substituents is 1. The molecule has 0 fully saturated rings. The Morgan fingerprint density at radius 1 is 1.55 bits per heavy atom. The van der Waals surface area contributed by atoms with E-state index in [0.29, 0.717) is 12.3 Å². The van der Waals surface area contributed by atoms with E-state index < -0.39 is 0 Å². The van der Waals surface area contributed by atoms with Gasteiger partial charge >= 0.3 is 0 Å². The molecule has 0 bridgehead atoms. The minimum atomic E-state index is 0.175. The van der Waals surface area contributed by atoms with Crippen LogP contribution in [0, 0.1) is 0 Å². The van der Waals surface area contributed by atoms with Gasteiger partial charge in [-0.05, 0) is 18.2 Å². The highest BCUT2D eigenvalue weighted by Gasteiger charge is 2.00. The van der Waals surface area contributed by atoms with Gasteiger partial charge in [-0.15, -0.1) is 0 Å². The molecule has 0 spiro atoms. The van der Waals surface area contributed by atoms with Crippen LogP contribution in [0.2, 0.25) is 0 Å². The van der Waals surface area contributed by atoms with Crippen molar-refractivity contribution in [3.63, 3.8) is 0 Å². The minimum Gasteiger partial charge on any atom is -0.504 e. The lowest BCUT2D eigenvalue weighted by Gasteiger charge is -2.02. The van der Waals surface area contributed by atoms with Crippen LogP contribution in [0.5, 0.6) is 11.5 Å². The van der Waals surface area contributed by atoms with Gasteiger partial charge in [0.25, 0.3) is 0 Å². The molecule has 0 aliphatic rings. The van der Waals surface area contributed by atoms with E-state index in [2.05, 4.69) is 5.73 Å². The van der Waals surface area contributed by atoms with Crippen LogP contribution < -0.4 is 10.5 Å². The fourth-order valence-corrected chi connectivity index (χ4v) is 0.891. The predicted octanol–water partition coefficient (Wildman–Crippen LogP) is 0.143. The summed E-state index contributed by atoms with van der Waals surface area (Å²) in [5.74, 6) is 0.677. The van der Waals surface area contributed by atoms with Crippen LogP contribution >= 0.6 is 0 Å². The van der Waals surface area contributed by atoms with E-state index in [1.54, 1.807) is 12.1 Å². The third kappa shape index (κ3) is 1.62. The van der Waals surface area contributed by atoms with Crippen LogP contribution in [0.15, 0.2) is 18.2 Å². The van der Waals surface area contributed by atoms with Gasteiger partial charge in [0, 0.05) is 5.56 Å². The summed E-state index contributed by atoms with van der Waals surface area (Å²) >= 11 is 0. The van der Waals surface area contributed by atoms with Crippen LogP contribution in [-0.4, -0.2) is 12.2 Å². The van der Waals surface area contributed by atoms with Gasteiger partial charge < -0.3 is 15.6 Å². The van der Waals surface area contributed by atoms with Gasteiger partial charge in [-0.2, -0.15) is 0 Å². The van der Waals surface area contributed by atoms with Crippen molar-refractivity contribution in [1.82, 2.24) is 0 Å². The van der Waals surface area contributed by atoms with Crippen molar-refractivity contribution in [3.8, 4) is 11.5 Å². The molecule has 0 aliphatic heterocycles. The molecule has 0 atom stereocenters. The SMILES string of the molecule is COc1ccc(C[NH3+])cc1O. The van der Waals surface area contributed by atoms with Gasteiger partial charge in [0.1, 0.15) is 0 Å². The van der Waals surface area contributed by atoms with Crippen molar-refractivity contribution >= 4 is 0 Å². The Bertz CT molecular complexity index is 248. The topological polar surface area (TPSA) is 57.1 Å². The van der Waals surface area contributed by atoms with Gasteiger partial charge in [0.2, 0.25) is 0 Å². The third-order valence-electron chi connectivity index (χ3n) is 1.53. The summed E-state index contributed by atoms with van der Waals surface area (Å²) in [5, 5.41) is 9.27. The van der Waals surface area contributed by atoms with Gasteiger partial charge in [-0.1, -0.05) is 0 Å². The van der Waals surface area contributed by atoms with Crippen LogP contribution in [-0.2, 0) is 6.54 Å². The zero-order chi connectivity index (χ0) is 8.27. The fraction of sp³-hybridized carbons (Fsp3) is 0.250. The Labute approximate surface area is 65.4 Å². The van der Waals surface area contributed by atoms with Crippen molar-refractivity contribution < 1.29 is 15.6 Å². The average Bonchev–Trinajstić information content (AvgIpc) is 2.04. The van der Waals surface area contributed by atoms with E-state index in [9.17, 15) is 5.11 Å². The summed E-state index contributed by atoms with van der Waals surface area (Å²) < 4.78 is 4.87. The van der Waals surface area contributed by atoms with E-state index in [4.69, 9.17) is 4.74 Å². The number of hydrogen-bond donors (Lipinski definition) is 2. The second kappa shape index (κ2) is 3.25. The Kier molecular flexibility index (Phi) is 2.33. The second-order valence-corrected chi connectivity index (χ2v) is 2.26. The van der Waals surface area contributed by atoms with Crippen molar-refractivity contribution in [1.29, 1.82) is 0 Å². The zero-order valence-corrected chi connectivity index (χ0v) is 6.50. The molecule has 1 aromatic carbocycles. The quantitative estimate of drug-likeness (QED) is 0.636. The van der Waals surface area contributed by atoms with E-state index in [0.717, 1.165) is 5.56 Å². The van der Waals surface area contributed by atoms with Crippen LogP contribution in [0.3, 0.4) is 0 Å². The van der Waals surface area contributed by atoms with Crippen molar-refractivity contribution in [2.24, 2.45) is 0 Å². The number of methoxy groups -OCH3 is 1. The number of quaternary nitrogens is 1. The number of ether oxygens (including phenoxy) is 1. The number of aromatic hydroxyl groups is 1. The second-order valence-electron chi connectivity index (χ2n) is 2.26. The smallest absolute Gasteiger partial charge is 0.160 e. The molecular formula is C8H12NO2+. The summed E-state index contributed by atoms with van der Waals surface area (Å²) in [6.45, 7) is 0.678. The van der Waals surface area contributed by atoms with E-state index in [1.807, 2.05) is 6.07 Å². The maximum Gasteiger partial charge on any atom is 0.160 e. The van der Waals surface area contributed by atoms with Crippen molar-refractivity contribution in [2.75, 3.05) is 7.11 Å².